The fourth-order valence-corrected chi connectivity index (χ4v) is 1.99. The molecule has 0 spiro atoms. The number of rotatable bonds is 3. The molecule has 1 fully saturated rings. The van der Waals surface area contributed by atoms with Gasteiger partial charge >= 0.3 is 5.97 Å². The van der Waals surface area contributed by atoms with Crippen molar-refractivity contribution in [2.45, 2.75) is 68.3 Å². The van der Waals surface area contributed by atoms with Crippen LogP contribution in [0.1, 0.15) is 59.3 Å². The number of alkyl halides is 1. The van der Waals surface area contributed by atoms with Crippen molar-refractivity contribution < 1.29 is 9.53 Å². The molecule has 0 N–H and O–H groups in total. The van der Waals surface area contributed by atoms with Crippen molar-refractivity contribution in [1.29, 1.82) is 0 Å². The molecule has 15 heavy (non-hydrogen) atoms. The standard InChI is InChI=1S/C12H21IO2/c1-4-12(3,13)10(14)15-11(2)8-6-5-7-9-11/h4-9H2,1-3H3. The fraction of sp³-hybridized carbons (Fsp3) is 0.917. The van der Waals surface area contributed by atoms with Crippen LogP contribution in [0.25, 0.3) is 0 Å². The van der Waals surface area contributed by atoms with Gasteiger partial charge in [0.25, 0.3) is 0 Å². The van der Waals surface area contributed by atoms with Crippen molar-refractivity contribution in [2.75, 3.05) is 0 Å². The molecule has 0 aromatic heterocycles. The van der Waals surface area contributed by atoms with E-state index < -0.39 is 0 Å². The highest BCUT2D eigenvalue weighted by atomic mass is 127. The Morgan fingerprint density at radius 1 is 1.40 bits per heavy atom. The number of esters is 1. The molecule has 2 nitrogen and oxygen atoms in total. The van der Waals surface area contributed by atoms with Gasteiger partial charge in [-0.15, -0.1) is 0 Å². The molecule has 1 atom stereocenters. The second-order valence-electron chi connectivity index (χ2n) is 4.95. The largest absolute Gasteiger partial charge is 0.458 e. The SMILES string of the molecule is CCC(C)(I)C(=O)OC1(C)CCCCC1. The van der Waals surface area contributed by atoms with Gasteiger partial charge in [0.15, 0.2) is 0 Å². The minimum Gasteiger partial charge on any atom is -0.458 e. The summed E-state index contributed by atoms with van der Waals surface area (Å²) in [7, 11) is 0. The third-order valence-electron chi connectivity index (χ3n) is 3.34. The fourth-order valence-electron chi connectivity index (χ4n) is 1.88. The third kappa shape index (κ3) is 3.61. The van der Waals surface area contributed by atoms with Gasteiger partial charge in [-0.25, -0.2) is 0 Å². The molecule has 0 amide bonds. The monoisotopic (exact) mass is 324 g/mol. The van der Waals surface area contributed by atoms with E-state index in [2.05, 4.69) is 29.5 Å². The first-order valence-corrected chi connectivity index (χ1v) is 6.90. The molecule has 0 aliphatic heterocycles. The normalized spacial score (nSPS) is 24.3. The number of halogens is 1. The minimum atomic E-state index is -0.363. The highest BCUT2D eigenvalue weighted by Gasteiger charge is 2.37. The molecule has 0 bridgehead atoms. The van der Waals surface area contributed by atoms with E-state index in [-0.39, 0.29) is 15.0 Å². The van der Waals surface area contributed by atoms with Crippen molar-refractivity contribution >= 4 is 28.6 Å². The molecule has 0 aromatic carbocycles. The summed E-state index contributed by atoms with van der Waals surface area (Å²) >= 11 is 2.19. The predicted molar refractivity (Wildman–Crippen MR) is 70.3 cm³/mol. The topological polar surface area (TPSA) is 26.3 Å². The molecule has 1 aliphatic rings. The van der Waals surface area contributed by atoms with Crippen LogP contribution in [0.5, 0.6) is 0 Å². The maximum atomic E-state index is 11.9. The Kier molecular flexibility index (Phi) is 4.44. The first kappa shape index (κ1) is 13.3. The maximum absolute atomic E-state index is 11.9. The zero-order chi connectivity index (χ0) is 11.5. The average Bonchev–Trinajstić information content (AvgIpc) is 2.18. The van der Waals surface area contributed by atoms with E-state index in [1.54, 1.807) is 0 Å². The maximum Gasteiger partial charge on any atom is 0.322 e. The van der Waals surface area contributed by atoms with Crippen LogP contribution in [0, 0.1) is 0 Å². The van der Waals surface area contributed by atoms with E-state index in [4.69, 9.17) is 4.74 Å². The number of carbonyl (C=O) groups is 1. The van der Waals surface area contributed by atoms with Gasteiger partial charge in [-0.3, -0.25) is 4.79 Å². The van der Waals surface area contributed by atoms with Crippen molar-refractivity contribution in [2.24, 2.45) is 0 Å². The minimum absolute atomic E-state index is 0.0463. The smallest absolute Gasteiger partial charge is 0.322 e. The van der Waals surface area contributed by atoms with Crippen LogP contribution in [0.3, 0.4) is 0 Å². The summed E-state index contributed by atoms with van der Waals surface area (Å²) in [6, 6.07) is 0. The molecule has 0 radical (unpaired) electrons. The Labute approximate surface area is 106 Å². The van der Waals surface area contributed by atoms with Crippen LogP contribution < -0.4 is 0 Å². The van der Waals surface area contributed by atoms with Crippen molar-refractivity contribution in [3.63, 3.8) is 0 Å². The zero-order valence-electron chi connectivity index (χ0n) is 9.94. The van der Waals surface area contributed by atoms with E-state index in [9.17, 15) is 4.79 Å². The molecule has 1 unspecified atom stereocenters. The molecule has 3 heteroatoms. The third-order valence-corrected chi connectivity index (χ3v) is 4.54. The number of hydrogen-bond donors (Lipinski definition) is 0. The quantitative estimate of drug-likeness (QED) is 0.448. The highest BCUT2D eigenvalue weighted by Crippen LogP contribution is 2.34. The first-order valence-electron chi connectivity index (χ1n) is 5.82. The predicted octanol–water partition coefficient (Wildman–Crippen LogP) is 3.86. The molecule has 1 saturated carbocycles. The molecule has 1 rings (SSSR count). The van der Waals surface area contributed by atoms with Crippen LogP contribution in [-0.2, 0) is 9.53 Å². The molecule has 88 valence electrons. The van der Waals surface area contributed by atoms with Crippen molar-refractivity contribution in [3.8, 4) is 0 Å². The second kappa shape index (κ2) is 5.02. The van der Waals surface area contributed by atoms with E-state index in [0.717, 1.165) is 19.3 Å². The van der Waals surface area contributed by atoms with Gasteiger partial charge in [0, 0.05) is 0 Å². The van der Waals surface area contributed by atoms with E-state index in [1.807, 2.05) is 13.8 Å². The van der Waals surface area contributed by atoms with Crippen LogP contribution in [-0.4, -0.2) is 15.0 Å². The van der Waals surface area contributed by atoms with Gasteiger partial charge in [0.1, 0.15) is 9.02 Å². The lowest BCUT2D eigenvalue weighted by Gasteiger charge is -2.35. The van der Waals surface area contributed by atoms with E-state index in [1.165, 1.54) is 19.3 Å². The molecule has 1 aliphatic carbocycles. The van der Waals surface area contributed by atoms with Gasteiger partial charge in [-0.2, -0.15) is 0 Å². The van der Waals surface area contributed by atoms with Gasteiger partial charge in [-0.05, 0) is 46.0 Å². The highest BCUT2D eigenvalue weighted by molar-refractivity contribution is 14.1. The summed E-state index contributed by atoms with van der Waals surface area (Å²) in [4.78, 5) is 11.9. The Morgan fingerprint density at radius 2 is 1.93 bits per heavy atom. The molecular weight excluding hydrogens is 303 g/mol. The summed E-state index contributed by atoms with van der Waals surface area (Å²) in [6.07, 6.45) is 6.52. The van der Waals surface area contributed by atoms with Crippen molar-refractivity contribution in [1.82, 2.24) is 0 Å². The lowest BCUT2D eigenvalue weighted by atomic mass is 9.86. The molecule has 0 aromatic rings. The van der Waals surface area contributed by atoms with Crippen LogP contribution >= 0.6 is 22.6 Å². The van der Waals surface area contributed by atoms with E-state index in [0.29, 0.717) is 0 Å². The van der Waals surface area contributed by atoms with Crippen LogP contribution in [0.2, 0.25) is 0 Å². The number of ether oxygens (including phenoxy) is 1. The average molecular weight is 324 g/mol. The Bertz CT molecular complexity index is 230. The van der Waals surface area contributed by atoms with Gasteiger partial charge < -0.3 is 4.74 Å². The first-order chi connectivity index (χ1) is 6.90. The second-order valence-corrected chi connectivity index (χ2v) is 7.33. The summed E-state index contributed by atoms with van der Waals surface area (Å²) in [5.74, 6) is -0.0463. The Balaban J connectivity index is 2.56. The molecule has 0 saturated heterocycles. The van der Waals surface area contributed by atoms with Crippen LogP contribution in [0.15, 0.2) is 0 Å². The van der Waals surface area contributed by atoms with Gasteiger partial charge in [0.2, 0.25) is 0 Å². The Morgan fingerprint density at radius 3 is 2.40 bits per heavy atom. The number of hydrogen-bond acceptors (Lipinski definition) is 2. The van der Waals surface area contributed by atoms with E-state index >= 15 is 0 Å². The summed E-state index contributed by atoms with van der Waals surface area (Å²) < 4.78 is 5.33. The van der Waals surface area contributed by atoms with Crippen molar-refractivity contribution in [3.05, 3.63) is 0 Å². The summed E-state index contributed by atoms with van der Waals surface area (Å²) in [6.45, 7) is 6.05. The van der Waals surface area contributed by atoms with Gasteiger partial charge in [0.05, 0.1) is 0 Å². The molecular formula is C12H21IO2. The lowest BCUT2D eigenvalue weighted by Crippen LogP contribution is -2.40. The lowest BCUT2D eigenvalue weighted by molar-refractivity contribution is -0.163. The zero-order valence-corrected chi connectivity index (χ0v) is 12.1. The Hall–Kier alpha value is 0.200. The molecule has 0 heterocycles. The van der Waals surface area contributed by atoms with Crippen LogP contribution in [0.4, 0.5) is 0 Å². The summed E-state index contributed by atoms with van der Waals surface area (Å²) in [5.41, 5.74) is -0.197. The number of carbonyl (C=O) groups excluding carboxylic acids is 1. The summed E-state index contributed by atoms with van der Waals surface area (Å²) in [5, 5.41) is 0. The van der Waals surface area contributed by atoms with Gasteiger partial charge in [-0.1, -0.05) is 35.9 Å².